The minimum Gasteiger partial charge on any atom is -0.341 e. The maximum atomic E-state index is 13.1. The van der Waals surface area contributed by atoms with Gasteiger partial charge >= 0.3 is 0 Å². The molecule has 0 aliphatic heterocycles. The zero-order valence-corrected chi connectivity index (χ0v) is 19.9. The highest BCUT2D eigenvalue weighted by atomic mass is 32.2. The van der Waals surface area contributed by atoms with Crippen LogP contribution >= 0.6 is 0 Å². The molecule has 1 N–H and O–H groups in total. The fraction of sp³-hybridized carbons (Fsp3) is 0.107. The number of sulfonamides is 1. The summed E-state index contributed by atoms with van der Waals surface area (Å²) in [6.45, 7) is 2.02. The van der Waals surface area contributed by atoms with Crippen molar-refractivity contribution in [3.63, 3.8) is 0 Å². The molecule has 0 heterocycles. The molecule has 0 bridgehead atoms. The zero-order valence-electron chi connectivity index (χ0n) is 19.0. The number of benzene rings is 4. The van der Waals surface area contributed by atoms with Crippen molar-refractivity contribution >= 4 is 21.6 Å². The number of carbonyl (C=O) groups excluding carboxylic acids is 1. The Morgan fingerprint density at radius 3 is 1.85 bits per heavy atom. The Bertz CT molecular complexity index is 1350. The van der Waals surface area contributed by atoms with E-state index in [2.05, 4.69) is 5.32 Å². The predicted octanol–water partition coefficient (Wildman–Crippen LogP) is 5.34. The van der Waals surface area contributed by atoms with Crippen molar-refractivity contribution in [1.82, 2.24) is 5.32 Å². The highest BCUT2D eigenvalue weighted by Gasteiger charge is 2.22. The lowest BCUT2D eigenvalue weighted by Crippen LogP contribution is -2.29. The van der Waals surface area contributed by atoms with Gasteiger partial charge in [0.25, 0.3) is 15.9 Å². The molecule has 0 spiro atoms. The van der Waals surface area contributed by atoms with Crippen LogP contribution in [0, 0.1) is 6.92 Å². The van der Waals surface area contributed by atoms with Crippen LogP contribution in [0.2, 0.25) is 0 Å². The number of hydrogen-bond donors (Lipinski definition) is 1. The lowest BCUT2D eigenvalue weighted by atomic mass is 9.97. The average Bonchev–Trinajstić information content (AvgIpc) is 2.88. The number of nitrogens with one attached hydrogen (secondary N) is 1. The maximum absolute atomic E-state index is 13.1. The first-order valence-corrected chi connectivity index (χ1v) is 12.4. The van der Waals surface area contributed by atoms with E-state index in [1.54, 1.807) is 54.6 Å². The first-order chi connectivity index (χ1) is 16.4. The second kappa shape index (κ2) is 9.93. The second-order valence-electron chi connectivity index (χ2n) is 8.06. The van der Waals surface area contributed by atoms with Crippen LogP contribution in [0.5, 0.6) is 0 Å². The van der Waals surface area contributed by atoms with Gasteiger partial charge in [0.15, 0.2) is 0 Å². The number of anilines is 1. The molecule has 0 fully saturated rings. The molecule has 172 valence electrons. The normalized spacial score (nSPS) is 12.1. The van der Waals surface area contributed by atoms with E-state index in [1.807, 2.05) is 61.5 Å². The highest BCUT2D eigenvalue weighted by Crippen LogP contribution is 2.25. The number of aryl methyl sites for hydroxylation is 1. The smallest absolute Gasteiger partial charge is 0.264 e. The van der Waals surface area contributed by atoms with E-state index in [4.69, 9.17) is 0 Å². The number of carbonyl (C=O) groups is 1. The Hall–Kier alpha value is -3.90. The molecule has 6 heteroatoms. The molecule has 4 rings (SSSR count). The van der Waals surface area contributed by atoms with Crippen LogP contribution < -0.4 is 9.62 Å². The standard InChI is InChI=1S/C28H26N2O3S/c1-21-13-15-23(16-14-21)27(22-9-5-3-6-10-22)29-28(31)24-17-19-25(20-18-24)30(2)34(32,33)26-11-7-4-8-12-26/h3-20,27H,1-2H3,(H,29,31)/t27-/m1/s1. The summed E-state index contributed by atoms with van der Waals surface area (Å²) in [4.78, 5) is 13.3. The molecule has 0 radical (unpaired) electrons. The van der Waals surface area contributed by atoms with Crippen molar-refractivity contribution < 1.29 is 13.2 Å². The summed E-state index contributed by atoms with van der Waals surface area (Å²) in [5, 5.41) is 3.12. The van der Waals surface area contributed by atoms with Crippen molar-refractivity contribution in [2.75, 3.05) is 11.4 Å². The summed E-state index contributed by atoms with van der Waals surface area (Å²) in [6, 6.07) is 32.4. The number of amides is 1. The monoisotopic (exact) mass is 470 g/mol. The molecule has 0 aliphatic rings. The third-order valence-corrected chi connectivity index (χ3v) is 7.51. The molecule has 0 saturated heterocycles. The topological polar surface area (TPSA) is 66.5 Å². The third-order valence-electron chi connectivity index (χ3n) is 5.71. The van der Waals surface area contributed by atoms with Gasteiger partial charge in [-0.05, 0) is 54.4 Å². The second-order valence-corrected chi connectivity index (χ2v) is 10.0. The summed E-state index contributed by atoms with van der Waals surface area (Å²) in [5.74, 6) is -0.241. The van der Waals surface area contributed by atoms with E-state index in [9.17, 15) is 13.2 Å². The highest BCUT2D eigenvalue weighted by molar-refractivity contribution is 7.92. The maximum Gasteiger partial charge on any atom is 0.264 e. The van der Waals surface area contributed by atoms with Gasteiger partial charge in [0.05, 0.1) is 16.6 Å². The Balaban J connectivity index is 1.56. The summed E-state index contributed by atoms with van der Waals surface area (Å²) in [7, 11) is -2.19. The van der Waals surface area contributed by atoms with E-state index in [1.165, 1.54) is 11.4 Å². The van der Waals surface area contributed by atoms with Gasteiger partial charge in [-0.15, -0.1) is 0 Å². The molecule has 0 aliphatic carbocycles. The molecule has 0 aromatic heterocycles. The van der Waals surface area contributed by atoms with Crippen LogP contribution in [0.15, 0.2) is 114 Å². The van der Waals surface area contributed by atoms with Gasteiger partial charge in [0, 0.05) is 12.6 Å². The molecule has 5 nitrogen and oxygen atoms in total. The van der Waals surface area contributed by atoms with Gasteiger partial charge in [0.2, 0.25) is 0 Å². The average molecular weight is 471 g/mol. The molecule has 0 unspecified atom stereocenters. The van der Waals surface area contributed by atoms with Gasteiger partial charge < -0.3 is 5.32 Å². The van der Waals surface area contributed by atoms with E-state index in [-0.39, 0.29) is 16.8 Å². The summed E-state index contributed by atoms with van der Waals surface area (Å²) in [5.41, 5.74) is 4.02. The SMILES string of the molecule is Cc1ccc([C@H](NC(=O)c2ccc(N(C)S(=O)(=O)c3ccccc3)cc2)c2ccccc2)cc1. The van der Waals surface area contributed by atoms with Crippen molar-refractivity contribution in [3.05, 3.63) is 131 Å². The van der Waals surface area contributed by atoms with Crippen LogP contribution in [0.1, 0.15) is 33.1 Å². The van der Waals surface area contributed by atoms with Crippen LogP contribution in [0.3, 0.4) is 0 Å². The minimum absolute atomic E-state index is 0.211. The Kier molecular flexibility index (Phi) is 6.80. The van der Waals surface area contributed by atoms with Crippen molar-refractivity contribution in [2.24, 2.45) is 0 Å². The first kappa shape index (κ1) is 23.3. The number of nitrogens with zero attached hydrogens (tertiary/aromatic N) is 1. The Morgan fingerprint density at radius 2 is 1.26 bits per heavy atom. The van der Waals surface area contributed by atoms with Crippen molar-refractivity contribution in [2.45, 2.75) is 17.9 Å². The molecule has 34 heavy (non-hydrogen) atoms. The van der Waals surface area contributed by atoms with Crippen LogP contribution in [0.25, 0.3) is 0 Å². The molecule has 4 aromatic carbocycles. The van der Waals surface area contributed by atoms with Crippen molar-refractivity contribution in [1.29, 1.82) is 0 Å². The summed E-state index contributed by atoms with van der Waals surface area (Å²) in [6.07, 6.45) is 0. The largest absolute Gasteiger partial charge is 0.341 e. The lowest BCUT2D eigenvalue weighted by Gasteiger charge is -2.21. The number of hydrogen-bond acceptors (Lipinski definition) is 3. The molecule has 1 amide bonds. The van der Waals surface area contributed by atoms with Crippen LogP contribution in [0.4, 0.5) is 5.69 Å². The molecular weight excluding hydrogens is 444 g/mol. The Morgan fingerprint density at radius 1 is 0.735 bits per heavy atom. The van der Waals surface area contributed by atoms with E-state index >= 15 is 0 Å². The van der Waals surface area contributed by atoms with E-state index < -0.39 is 10.0 Å². The summed E-state index contributed by atoms with van der Waals surface area (Å²) < 4.78 is 27.0. The Labute approximate surface area is 200 Å². The van der Waals surface area contributed by atoms with Gasteiger partial charge in [-0.1, -0.05) is 78.4 Å². The van der Waals surface area contributed by atoms with Gasteiger partial charge in [-0.25, -0.2) is 8.42 Å². The molecule has 1 atom stereocenters. The van der Waals surface area contributed by atoms with Gasteiger partial charge in [-0.2, -0.15) is 0 Å². The fourth-order valence-corrected chi connectivity index (χ4v) is 4.91. The quantitative estimate of drug-likeness (QED) is 0.397. The zero-order chi connectivity index (χ0) is 24.1. The van der Waals surface area contributed by atoms with Gasteiger partial charge in [0.1, 0.15) is 0 Å². The predicted molar refractivity (Wildman–Crippen MR) is 135 cm³/mol. The van der Waals surface area contributed by atoms with Crippen LogP contribution in [-0.4, -0.2) is 21.4 Å². The minimum atomic E-state index is -3.69. The van der Waals surface area contributed by atoms with Crippen LogP contribution in [-0.2, 0) is 10.0 Å². The molecular formula is C28H26N2O3S. The first-order valence-electron chi connectivity index (χ1n) is 10.9. The lowest BCUT2D eigenvalue weighted by molar-refractivity contribution is 0.0943. The van der Waals surface area contributed by atoms with Crippen molar-refractivity contribution in [3.8, 4) is 0 Å². The molecule has 4 aromatic rings. The molecule has 0 saturated carbocycles. The van der Waals surface area contributed by atoms with E-state index in [0.717, 1.165) is 16.7 Å². The third kappa shape index (κ3) is 5.02. The summed E-state index contributed by atoms with van der Waals surface area (Å²) >= 11 is 0. The fourth-order valence-electron chi connectivity index (χ4n) is 3.69. The number of rotatable bonds is 7. The van der Waals surface area contributed by atoms with Gasteiger partial charge in [-0.3, -0.25) is 9.10 Å². The van der Waals surface area contributed by atoms with E-state index in [0.29, 0.717) is 11.3 Å².